The molecule has 0 atom stereocenters. The number of nitrogens with one attached hydrogen (secondary N) is 1. The highest BCUT2D eigenvalue weighted by molar-refractivity contribution is 7.89. The van der Waals surface area contributed by atoms with Gasteiger partial charge < -0.3 is 5.32 Å². The largest absolute Gasteiger partial charge is 0.323 e. The number of piperidine rings is 1. The maximum atomic E-state index is 13.3. The van der Waals surface area contributed by atoms with Gasteiger partial charge in [0.05, 0.1) is 16.3 Å². The summed E-state index contributed by atoms with van der Waals surface area (Å²) in [4.78, 5) is 26.9. The van der Waals surface area contributed by atoms with E-state index in [-0.39, 0.29) is 28.8 Å². The van der Waals surface area contributed by atoms with Gasteiger partial charge in [0.15, 0.2) is 0 Å². The molecule has 2 aromatic rings. The van der Waals surface area contributed by atoms with E-state index in [1.807, 2.05) is 0 Å². The molecule has 2 aliphatic heterocycles. The predicted molar refractivity (Wildman–Crippen MR) is 111 cm³/mol. The summed E-state index contributed by atoms with van der Waals surface area (Å²) in [5, 5.41) is 2.75. The van der Waals surface area contributed by atoms with E-state index in [2.05, 4.69) is 5.32 Å². The highest BCUT2D eigenvalue weighted by atomic mass is 32.2. The van der Waals surface area contributed by atoms with Gasteiger partial charge in [-0.3, -0.25) is 14.5 Å². The second kappa shape index (κ2) is 7.61. The second-order valence-corrected chi connectivity index (χ2v) is 9.34. The fourth-order valence-electron chi connectivity index (χ4n) is 3.81. The number of aryl methyl sites for hydroxylation is 1. The number of carbonyl (C=O) groups is 2. The Morgan fingerprint density at radius 1 is 1.03 bits per heavy atom. The summed E-state index contributed by atoms with van der Waals surface area (Å²) in [5.41, 5.74) is 2.11. The highest BCUT2D eigenvalue weighted by Gasteiger charge is 2.31. The van der Waals surface area contributed by atoms with Crippen molar-refractivity contribution in [3.63, 3.8) is 0 Å². The fraction of sp³-hybridized carbons (Fsp3) is 0.333. The molecule has 0 spiro atoms. The van der Waals surface area contributed by atoms with Gasteiger partial charge in [0.2, 0.25) is 15.9 Å². The molecule has 2 aromatic carbocycles. The molecule has 1 saturated heterocycles. The van der Waals surface area contributed by atoms with Gasteiger partial charge in [-0.1, -0.05) is 24.6 Å². The van der Waals surface area contributed by atoms with Gasteiger partial charge in [0.1, 0.15) is 6.54 Å². The minimum Gasteiger partial charge on any atom is -0.323 e. The molecule has 0 aliphatic carbocycles. The summed E-state index contributed by atoms with van der Waals surface area (Å²) in [6, 6.07) is 11.7. The van der Waals surface area contributed by atoms with Crippen LogP contribution in [-0.4, -0.2) is 44.2 Å². The van der Waals surface area contributed by atoms with E-state index in [1.165, 1.54) is 15.3 Å². The van der Waals surface area contributed by atoms with Crippen molar-refractivity contribution in [3.05, 3.63) is 53.6 Å². The molecule has 7 nitrogen and oxygen atoms in total. The van der Waals surface area contributed by atoms with Gasteiger partial charge in [-0.05, 0) is 49.6 Å². The lowest BCUT2D eigenvalue weighted by Crippen LogP contribution is -2.42. The van der Waals surface area contributed by atoms with Crippen LogP contribution >= 0.6 is 0 Å². The molecule has 8 heteroatoms. The van der Waals surface area contributed by atoms with Crippen molar-refractivity contribution < 1.29 is 18.0 Å². The van der Waals surface area contributed by atoms with Crippen molar-refractivity contribution in [2.45, 2.75) is 31.1 Å². The first-order valence-electron chi connectivity index (χ1n) is 9.69. The Morgan fingerprint density at radius 3 is 2.52 bits per heavy atom. The van der Waals surface area contributed by atoms with E-state index >= 15 is 0 Å². The van der Waals surface area contributed by atoms with Crippen molar-refractivity contribution in [2.24, 2.45) is 0 Å². The number of anilines is 2. The van der Waals surface area contributed by atoms with Gasteiger partial charge >= 0.3 is 0 Å². The van der Waals surface area contributed by atoms with Gasteiger partial charge in [0.25, 0.3) is 5.91 Å². The molecule has 0 bridgehead atoms. The molecule has 0 radical (unpaired) electrons. The molecule has 2 amide bonds. The van der Waals surface area contributed by atoms with Gasteiger partial charge in [0, 0.05) is 18.7 Å². The van der Waals surface area contributed by atoms with Gasteiger partial charge in [-0.15, -0.1) is 0 Å². The SMILES string of the molecule is Cc1ccc(S(=O)(=O)N2CCCCC2)cc1C(=O)N1CC(=O)Nc2ccccc21. The number of sulfonamides is 1. The van der Waals surface area contributed by atoms with Crippen LogP contribution in [0.15, 0.2) is 47.4 Å². The molecule has 2 aliphatic rings. The summed E-state index contributed by atoms with van der Waals surface area (Å²) in [7, 11) is -3.65. The Bertz CT molecular complexity index is 1080. The Kier molecular flexibility index (Phi) is 5.14. The maximum absolute atomic E-state index is 13.3. The fourth-order valence-corrected chi connectivity index (χ4v) is 5.35. The first kappa shape index (κ1) is 19.6. The zero-order chi connectivity index (χ0) is 20.6. The number of fused-ring (bicyclic) bond motifs is 1. The molecule has 0 aromatic heterocycles. The summed E-state index contributed by atoms with van der Waals surface area (Å²) in [6.45, 7) is 2.65. The smallest absolute Gasteiger partial charge is 0.259 e. The van der Waals surface area contributed by atoms with Gasteiger partial charge in [-0.25, -0.2) is 8.42 Å². The maximum Gasteiger partial charge on any atom is 0.259 e. The normalized spacial score (nSPS) is 17.6. The van der Waals surface area contributed by atoms with Crippen LogP contribution in [0.3, 0.4) is 0 Å². The van der Waals surface area contributed by atoms with E-state index in [4.69, 9.17) is 0 Å². The number of amides is 2. The first-order valence-corrected chi connectivity index (χ1v) is 11.1. The summed E-state index contributed by atoms with van der Waals surface area (Å²) < 4.78 is 27.6. The van der Waals surface area contributed by atoms with Crippen LogP contribution in [0.5, 0.6) is 0 Å². The Labute approximate surface area is 170 Å². The molecule has 0 unspecified atom stereocenters. The number of carbonyl (C=O) groups excluding carboxylic acids is 2. The number of rotatable bonds is 3. The third-order valence-corrected chi connectivity index (χ3v) is 7.30. The lowest BCUT2D eigenvalue weighted by molar-refractivity contribution is -0.115. The summed E-state index contributed by atoms with van der Waals surface area (Å²) in [6.07, 6.45) is 2.72. The molecule has 4 rings (SSSR count). The zero-order valence-corrected chi connectivity index (χ0v) is 17.0. The molecule has 0 saturated carbocycles. The van der Waals surface area contributed by atoms with Crippen molar-refractivity contribution in [1.82, 2.24) is 4.31 Å². The second-order valence-electron chi connectivity index (χ2n) is 7.40. The van der Waals surface area contributed by atoms with Crippen molar-refractivity contribution in [3.8, 4) is 0 Å². The first-order chi connectivity index (χ1) is 13.9. The lowest BCUT2D eigenvalue weighted by atomic mass is 10.1. The summed E-state index contributed by atoms with van der Waals surface area (Å²) in [5.74, 6) is -0.674. The Balaban J connectivity index is 1.72. The zero-order valence-electron chi connectivity index (χ0n) is 16.2. The van der Waals surface area contributed by atoms with Gasteiger partial charge in [-0.2, -0.15) is 4.31 Å². The highest BCUT2D eigenvalue weighted by Crippen LogP contribution is 2.31. The topological polar surface area (TPSA) is 86.8 Å². The average molecular weight is 413 g/mol. The number of hydrogen-bond acceptors (Lipinski definition) is 4. The monoisotopic (exact) mass is 413 g/mol. The van der Waals surface area contributed by atoms with Crippen LogP contribution in [0.1, 0.15) is 35.2 Å². The van der Waals surface area contributed by atoms with Crippen LogP contribution in [0.4, 0.5) is 11.4 Å². The Morgan fingerprint density at radius 2 is 1.76 bits per heavy atom. The van der Waals surface area contributed by atoms with E-state index in [1.54, 1.807) is 43.3 Å². The standard InChI is InChI=1S/C21H23N3O4S/c1-15-9-10-16(29(27,28)23-11-5-2-6-12-23)13-17(15)21(26)24-14-20(25)22-18-7-3-4-8-19(18)24/h3-4,7-10,13H,2,5-6,11-12,14H2,1H3,(H,22,25). The minimum absolute atomic E-state index is 0.113. The molecule has 1 N–H and O–H groups in total. The predicted octanol–water partition coefficient (Wildman–Crippen LogP) is 2.77. The van der Waals surface area contributed by atoms with Crippen molar-refractivity contribution in [2.75, 3.05) is 29.9 Å². The molecule has 1 fully saturated rings. The number of para-hydroxylation sites is 2. The van der Waals surface area contributed by atoms with Crippen LogP contribution < -0.4 is 10.2 Å². The number of nitrogens with zero attached hydrogens (tertiary/aromatic N) is 2. The molecule has 152 valence electrons. The molecule has 29 heavy (non-hydrogen) atoms. The minimum atomic E-state index is -3.65. The van der Waals surface area contributed by atoms with Crippen LogP contribution in [0.2, 0.25) is 0 Å². The van der Waals surface area contributed by atoms with E-state index < -0.39 is 10.0 Å². The molecular formula is C21H23N3O4S. The van der Waals surface area contributed by atoms with Crippen molar-refractivity contribution >= 4 is 33.2 Å². The third-order valence-electron chi connectivity index (χ3n) is 5.41. The Hall–Kier alpha value is -2.71. The lowest BCUT2D eigenvalue weighted by Gasteiger charge is -2.30. The molecule has 2 heterocycles. The quantitative estimate of drug-likeness (QED) is 0.838. The van der Waals surface area contributed by atoms with Crippen LogP contribution in [0.25, 0.3) is 0 Å². The average Bonchev–Trinajstić information content (AvgIpc) is 2.73. The number of hydrogen-bond donors (Lipinski definition) is 1. The van der Waals surface area contributed by atoms with E-state index in [0.29, 0.717) is 30.0 Å². The van der Waals surface area contributed by atoms with E-state index in [0.717, 1.165) is 19.3 Å². The van der Waals surface area contributed by atoms with Crippen LogP contribution in [0, 0.1) is 6.92 Å². The number of benzene rings is 2. The van der Waals surface area contributed by atoms with Crippen LogP contribution in [-0.2, 0) is 14.8 Å². The third kappa shape index (κ3) is 3.65. The summed E-state index contributed by atoms with van der Waals surface area (Å²) >= 11 is 0. The molecular weight excluding hydrogens is 390 g/mol. The van der Waals surface area contributed by atoms with E-state index in [9.17, 15) is 18.0 Å². The van der Waals surface area contributed by atoms with Crippen molar-refractivity contribution in [1.29, 1.82) is 0 Å².